The Morgan fingerprint density at radius 3 is 2.55 bits per heavy atom. The monoisotopic (exact) mass is 436 g/mol. The van der Waals surface area contributed by atoms with E-state index < -0.39 is 5.91 Å². The third-order valence-electron chi connectivity index (χ3n) is 4.29. The summed E-state index contributed by atoms with van der Waals surface area (Å²) in [6.45, 7) is 3.65. The number of phenols is 1. The normalized spacial score (nSPS) is 11.2. The zero-order valence-electron chi connectivity index (χ0n) is 17.0. The van der Waals surface area contributed by atoms with Crippen LogP contribution in [0.5, 0.6) is 11.5 Å². The second kappa shape index (κ2) is 10.4. The summed E-state index contributed by atoms with van der Waals surface area (Å²) in [7, 11) is 0. The van der Waals surface area contributed by atoms with Gasteiger partial charge in [-0.1, -0.05) is 41.9 Å². The van der Waals surface area contributed by atoms with Crippen LogP contribution in [0.4, 0.5) is 11.4 Å². The maximum atomic E-state index is 12.0. The number of nitrogens with one attached hydrogen (secondary N) is 1. The van der Waals surface area contributed by atoms with E-state index in [-0.39, 0.29) is 12.4 Å². The molecule has 3 aromatic carbocycles. The van der Waals surface area contributed by atoms with Crippen LogP contribution in [0.2, 0.25) is 5.02 Å². The SMILES string of the molecule is Cc1cccc(C)c1OCC(=O)N/N=C/c1cc(N=Nc2ccccc2Cl)ccc1O. The van der Waals surface area contributed by atoms with Gasteiger partial charge in [0.25, 0.3) is 5.91 Å². The summed E-state index contributed by atoms with van der Waals surface area (Å²) in [5, 5.41) is 22.6. The Bertz CT molecular complexity index is 1130. The highest BCUT2D eigenvalue weighted by molar-refractivity contribution is 6.32. The lowest BCUT2D eigenvalue weighted by Gasteiger charge is -2.10. The zero-order chi connectivity index (χ0) is 22.2. The fourth-order valence-corrected chi connectivity index (χ4v) is 2.90. The summed E-state index contributed by atoms with van der Waals surface area (Å²) >= 11 is 6.06. The van der Waals surface area contributed by atoms with Crippen molar-refractivity contribution in [3.05, 3.63) is 82.4 Å². The van der Waals surface area contributed by atoms with Crippen LogP contribution >= 0.6 is 11.6 Å². The van der Waals surface area contributed by atoms with Crippen LogP contribution in [0.15, 0.2) is 76.0 Å². The van der Waals surface area contributed by atoms with Crippen LogP contribution in [0.25, 0.3) is 0 Å². The molecule has 0 unspecified atom stereocenters. The minimum atomic E-state index is -0.423. The first-order valence-electron chi connectivity index (χ1n) is 9.44. The van der Waals surface area contributed by atoms with Crippen molar-refractivity contribution < 1.29 is 14.6 Å². The molecule has 0 spiro atoms. The lowest BCUT2D eigenvalue weighted by molar-refractivity contribution is -0.123. The first-order valence-corrected chi connectivity index (χ1v) is 9.82. The van der Waals surface area contributed by atoms with Crippen LogP contribution < -0.4 is 10.2 Å². The van der Waals surface area contributed by atoms with Crippen LogP contribution in [-0.4, -0.2) is 23.8 Å². The summed E-state index contributed by atoms with van der Waals surface area (Å²) in [5.41, 5.74) is 5.66. The van der Waals surface area contributed by atoms with E-state index in [9.17, 15) is 9.90 Å². The highest BCUT2D eigenvalue weighted by Gasteiger charge is 2.07. The Morgan fingerprint density at radius 2 is 1.81 bits per heavy atom. The molecule has 0 fully saturated rings. The summed E-state index contributed by atoms with van der Waals surface area (Å²) in [6.07, 6.45) is 1.32. The maximum Gasteiger partial charge on any atom is 0.277 e. The second-order valence-electron chi connectivity index (χ2n) is 6.70. The van der Waals surface area contributed by atoms with E-state index in [0.717, 1.165) is 11.1 Å². The molecule has 8 heteroatoms. The van der Waals surface area contributed by atoms with Crippen molar-refractivity contribution in [1.29, 1.82) is 0 Å². The van der Waals surface area contributed by atoms with Gasteiger partial charge in [-0.3, -0.25) is 4.79 Å². The number of aromatic hydroxyl groups is 1. The third-order valence-corrected chi connectivity index (χ3v) is 4.61. The van der Waals surface area contributed by atoms with Crippen molar-refractivity contribution in [3.8, 4) is 11.5 Å². The molecule has 0 heterocycles. The Morgan fingerprint density at radius 1 is 1.06 bits per heavy atom. The van der Waals surface area contributed by atoms with Gasteiger partial charge in [0.1, 0.15) is 17.2 Å². The van der Waals surface area contributed by atoms with Gasteiger partial charge in [-0.2, -0.15) is 10.2 Å². The van der Waals surface area contributed by atoms with Crippen LogP contribution in [0, 0.1) is 13.8 Å². The summed E-state index contributed by atoms with van der Waals surface area (Å²) < 4.78 is 5.59. The van der Waals surface area contributed by atoms with Crippen molar-refractivity contribution >= 4 is 35.1 Å². The average Bonchev–Trinajstić information content (AvgIpc) is 2.74. The van der Waals surface area contributed by atoms with Gasteiger partial charge in [-0.05, 0) is 55.3 Å². The zero-order valence-corrected chi connectivity index (χ0v) is 17.8. The Balaban J connectivity index is 1.61. The van der Waals surface area contributed by atoms with E-state index in [2.05, 4.69) is 20.8 Å². The summed E-state index contributed by atoms with van der Waals surface area (Å²) in [4.78, 5) is 12.0. The fraction of sp³-hybridized carbons (Fsp3) is 0.130. The summed E-state index contributed by atoms with van der Waals surface area (Å²) in [6, 6.07) is 17.5. The molecule has 31 heavy (non-hydrogen) atoms. The molecule has 3 aromatic rings. The molecule has 0 radical (unpaired) electrons. The second-order valence-corrected chi connectivity index (χ2v) is 7.10. The molecule has 0 bridgehead atoms. The van der Waals surface area contributed by atoms with Gasteiger partial charge >= 0.3 is 0 Å². The lowest BCUT2D eigenvalue weighted by Crippen LogP contribution is -2.25. The van der Waals surface area contributed by atoms with E-state index in [0.29, 0.717) is 27.7 Å². The smallest absolute Gasteiger partial charge is 0.277 e. The number of carbonyl (C=O) groups excluding carboxylic acids is 1. The number of para-hydroxylation sites is 1. The number of ether oxygens (including phenoxy) is 1. The van der Waals surface area contributed by atoms with Gasteiger partial charge in [0.2, 0.25) is 0 Å². The molecule has 1 amide bonds. The maximum absolute atomic E-state index is 12.0. The third kappa shape index (κ3) is 6.13. The van der Waals surface area contributed by atoms with Crippen molar-refractivity contribution in [2.24, 2.45) is 15.3 Å². The molecule has 7 nitrogen and oxygen atoms in total. The number of rotatable bonds is 7. The van der Waals surface area contributed by atoms with Gasteiger partial charge < -0.3 is 9.84 Å². The minimum absolute atomic E-state index is 0.0125. The van der Waals surface area contributed by atoms with Crippen molar-refractivity contribution in [3.63, 3.8) is 0 Å². The van der Waals surface area contributed by atoms with Crippen LogP contribution in [0.3, 0.4) is 0 Å². The van der Waals surface area contributed by atoms with Gasteiger partial charge in [-0.15, -0.1) is 5.11 Å². The molecular weight excluding hydrogens is 416 g/mol. The van der Waals surface area contributed by atoms with Crippen LogP contribution in [-0.2, 0) is 4.79 Å². The van der Waals surface area contributed by atoms with E-state index in [1.807, 2.05) is 38.1 Å². The molecule has 0 aliphatic rings. The van der Waals surface area contributed by atoms with E-state index in [1.165, 1.54) is 12.3 Å². The van der Waals surface area contributed by atoms with Gasteiger partial charge in [0, 0.05) is 5.56 Å². The largest absolute Gasteiger partial charge is 0.507 e. The number of hydrazone groups is 1. The quantitative estimate of drug-likeness (QED) is 0.286. The first-order chi connectivity index (χ1) is 14.9. The standard InChI is InChI=1S/C23H21ClN4O3/c1-15-6-5-7-16(2)23(15)31-14-22(30)28-25-13-17-12-18(10-11-21(17)29)26-27-20-9-4-3-8-19(20)24/h3-13,29H,14H2,1-2H3,(H,28,30)/b25-13+,27-26?. The number of hydrogen-bond donors (Lipinski definition) is 2. The Hall–Kier alpha value is -3.71. The first kappa shape index (κ1) is 22.0. The predicted octanol–water partition coefficient (Wildman–Crippen LogP) is 5.61. The fourth-order valence-electron chi connectivity index (χ4n) is 2.72. The molecule has 0 atom stereocenters. The summed E-state index contributed by atoms with van der Waals surface area (Å²) in [5.74, 6) is 0.241. The van der Waals surface area contributed by atoms with Crippen molar-refractivity contribution in [1.82, 2.24) is 5.43 Å². The Labute approximate surface area is 185 Å². The van der Waals surface area contributed by atoms with E-state index >= 15 is 0 Å². The van der Waals surface area contributed by atoms with E-state index in [1.54, 1.807) is 30.3 Å². The number of benzene rings is 3. The molecule has 2 N–H and O–H groups in total. The topological polar surface area (TPSA) is 95.6 Å². The Kier molecular flexibility index (Phi) is 7.35. The molecule has 3 rings (SSSR count). The van der Waals surface area contributed by atoms with Crippen LogP contribution in [0.1, 0.15) is 16.7 Å². The highest BCUT2D eigenvalue weighted by Crippen LogP contribution is 2.28. The number of nitrogens with zero attached hydrogens (tertiary/aromatic N) is 3. The number of amides is 1. The van der Waals surface area contributed by atoms with E-state index in [4.69, 9.17) is 16.3 Å². The number of aryl methyl sites for hydroxylation is 2. The number of carbonyl (C=O) groups is 1. The number of hydrogen-bond acceptors (Lipinski definition) is 6. The molecule has 0 aliphatic carbocycles. The highest BCUT2D eigenvalue weighted by atomic mass is 35.5. The molecule has 0 aromatic heterocycles. The molecule has 158 valence electrons. The van der Waals surface area contributed by atoms with Crippen molar-refractivity contribution in [2.45, 2.75) is 13.8 Å². The lowest BCUT2D eigenvalue weighted by atomic mass is 10.1. The molecule has 0 saturated heterocycles. The minimum Gasteiger partial charge on any atom is -0.507 e. The van der Waals surface area contributed by atoms with Gasteiger partial charge in [-0.25, -0.2) is 5.43 Å². The van der Waals surface area contributed by atoms with Crippen molar-refractivity contribution in [2.75, 3.05) is 6.61 Å². The van der Waals surface area contributed by atoms with Gasteiger partial charge in [0.05, 0.1) is 16.9 Å². The molecular formula is C23H21ClN4O3. The number of halogens is 1. The van der Waals surface area contributed by atoms with Gasteiger partial charge in [0.15, 0.2) is 6.61 Å². The molecule has 0 saturated carbocycles. The predicted molar refractivity (Wildman–Crippen MR) is 121 cm³/mol. The average molecular weight is 437 g/mol. The number of phenolic OH excluding ortho intramolecular Hbond substituents is 1. The number of azo groups is 1. The molecule has 0 aliphatic heterocycles.